The van der Waals surface area contributed by atoms with E-state index in [2.05, 4.69) is 5.32 Å². The van der Waals surface area contributed by atoms with E-state index < -0.39 is 6.10 Å². The van der Waals surface area contributed by atoms with Crippen LogP contribution in [-0.4, -0.2) is 53.8 Å². The molecule has 6 heteroatoms. The molecule has 2 rings (SSSR count). The molecule has 0 aliphatic rings. The first-order valence-corrected chi connectivity index (χ1v) is 7.82. The number of nitrogens with zero attached hydrogens (tertiary/aromatic N) is 2. The largest absolute Gasteiger partial charge is 0.389 e. The third kappa shape index (κ3) is 5.04. The van der Waals surface area contributed by atoms with Crippen molar-refractivity contribution in [1.82, 2.24) is 14.8 Å². The Bertz CT molecular complexity index is 780. The minimum absolute atomic E-state index is 0.0877. The zero-order valence-electron chi connectivity index (χ0n) is 14.0. The number of aliphatic hydroxyl groups is 1. The second-order valence-corrected chi connectivity index (χ2v) is 5.92. The zero-order valence-corrected chi connectivity index (χ0v) is 14.0. The van der Waals surface area contributed by atoms with Crippen LogP contribution in [-0.2, 0) is 11.3 Å². The molecule has 2 N–H and O–H groups in total. The van der Waals surface area contributed by atoms with Crippen LogP contribution in [0.1, 0.15) is 0 Å². The number of aromatic nitrogens is 1. The van der Waals surface area contributed by atoms with E-state index in [1.165, 1.54) is 10.6 Å². The molecule has 0 bridgehead atoms. The lowest BCUT2D eigenvalue weighted by Crippen LogP contribution is -2.36. The van der Waals surface area contributed by atoms with Gasteiger partial charge in [0.25, 0.3) is 5.56 Å². The summed E-state index contributed by atoms with van der Waals surface area (Å²) in [5.41, 5.74) is -0.149. The number of carbonyl (C=O) groups excluding carboxylic acids is 1. The summed E-state index contributed by atoms with van der Waals surface area (Å²) < 4.78 is 1.46. The van der Waals surface area contributed by atoms with E-state index in [1.54, 1.807) is 18.3 Å². The molecule has 0 saturated heterocycles. The second-order valence-electron chi connectivity index (χ2n) is 5.92. The van der Waals surface area contributed by atoms with Crippen LogP contribution in [0, 0.1) is 0 Å². The van der Waals surface area contributed by atoms with Crippen LogP contribution in [0.5, 0.6) is 0 Å². The lowest BCUT2D eigenvalue weighted by atomic mass is 10.2. The Balaban J connectivity index is 1.92. The first kappa shape index (κ1) is 17.9. The molecule has 128 valence electrons. The smallest absolute Gasteiger partial charge is 0.258 e. The average molecular weight is 329 g/mol. The Kier molecular flexibility index (Phi) is 6.28. The van der Waals surface area contributed by atoms with Crippen molar-refractivity contribution in [2.24, 2.45) is 0 Å². The quantitative estimate of drug-likeness (QED) is 0.730. The molecule has 0 saturated carbocycles. The molecule has 24 heavy (non-hydrogen) atoms. The maximum atomic E-state index is 12.4. The van der Waals surface area contributed by atoms with Gasteiger partial charge in [-0.1, -0.05) is 24.3 Å². The predicted molar refractivity (Wildman–Crippen MR) is 94.9 cm³/mol. The van der Waals surface area contributed by atoms with Crippen LogP contribution in [0.4, 0.5) is 0 Å². The maximum Gasteiger partial charge on any atom is 0.258 e. The van der Waals surface area contributed by atoms with E-state index in [1.807, 2.05) is 43.3 Å². The van der Waals surface area contributed by atoms with Crippen molar-refractivity contribution in [2.45, 2.75) is 12.6 Å². The van der Waals surface area contributed by atoms with Crippen LogP contribution < -0.4 is 10.9 Å². The standard InChI is InChI=1S/C18H23N3O3/c1-20(2)10-5-8-17(23)19-12-15(22)13-21-11-9-14-6-3-4-7-16(14)18(21)24/h3-9,11,15,22H,10,12-13H2,1-2H3,(H,19,23)/b8-5+. The van der Waals surface area contributed by atoms with E-state index in [9.17, 15) is 14.7 Å². The lowest BCUT2D eigenvalue weighted by Gasteiger charge is -2.13. The highest BCUT2D eigenvalue weighted by Gasteiger charge is 2.09. The van der Waals surface area contributed by atoms with Crippen LogP contribution >= 0.6 is 0 Å². The number of pyridine rings is 1. The molecule has 0 fully saturated rings. The Hall–Kier alpha value is -2.44. The Morgan fingerprint density at radius 1 is 1.33 bits per heavy atom. The number of nitrogens with one attached hydrogen (secondary N) is 1. The molecule has 1 amide bonds. The summed E-state index contributed by atoms with van der Waals surface area (Å²) in [6.45, 7) is 0.887. The third-order valence-electron chi connectivity index (χ3n) is 3.55. The third-order valence-corrected chi connectivity index (χ3v) is 3.55. The molecule has 0 aliphatic carbocycles. The molecule has 1 atom stereocenters. The van der Waals surface area contributed by atoms with Crippen molar-refractivity contribution in [3.63, 3.8) is 0 Å². The van der Waals surface area contributed by atoms with Gasteiger partial charge in [0.2, 0.25) is 5.91 Å². The van der Waals surface area contributed by atoms with Crippen LogP contribution in [0.15, 0.2) is 53.5 Å². The fourth-order valence-electron chi connectivity index (χ4n) is 2.31. The Morgan fingerprint density at radius 2 is 2.08 bits per heavy atom. The van der Waals surface area contributed by atoms with Crippen molar-refractivity contribution >= 4 is 16.7 Å². The minimum Gasteiger partial charge on any atom is -0.389 e. The molecule has 1 unspecified atom stereocenters. The van der Waals surface area contributed by atoms with Gasteiger partial charge in [0.05, 0.1) is 12.6 Å². The molecule has 0 spiro atoms. The van der Waals surface area contributed by atoms with Crippen molar-refractivity contribution in [3.05, 3.63) is 59.0 Å². The predicted octanol–water partition coefficient (Wildman–Crippen LogP) is 0.596. The van der Waals surface area contributed by atoms with Crippen molar-refractivity contribution in [3.8, 4) is 0 Å². The number of likely N-dealkylation sites (N-methyl/N-ethyl adjacent to an activating group) is 1. The number of fused-ring (bicyclic) bond motifs is 1. The molecule has 2 aromatic rings. The van der Waals surface area contributed by atoms with E-state index in [-0.39, 0.29) is 24.6 Å². The second kappa shape index (κ2) is 8.42. The van der Waals surface area contributed by atoms with Crippen LogP contribution in [0.3, 0.4) is 0 Å². The molecular weight excluding hydrogens is 306 g/mol. The van der Waals surface area contributed by atoms with Gasteiger partial charge in [0, 0.05) is 30.7 Å². The van der Waals surface area contributed by atoms with Gasteiger partial charge >= 0.3 is 0 Å². The molecule has 1 aromatic heterocycles. The summed E-state index contributed by atoms with van der Waals surface area (Å²) in [5.74, 6) is -0.262. The summed E-state index contributed by atoms with van der Waals surface area (Å²) in [7, 11) is 3.82. The summed E-state index contributed by atoms with van der Waals surface area (Å²) in [5, 5.41) is 14.2. The molecule has 1 aromatic carbocycles. The van der Waals surface area contributed by atoms with E-state index in [0.29, 0.717) is 11.9 Å². The molecule has 0 aliphatic heterocycles. The van der Waals surface area contributed by atoms with Crippen LogP contribution in [0.2, 0.25) is 0 Å². The topological polar surface area (TPSA) is 74.6 Å². The van der Waals surface area contributed by atoms with Gasteiger partial charge in [-0.15, -0.1) is 0 Å². The zero-order chi connectivity index (χ0) is 17.5. The highest BCUT2D eigenvalue weighted by Crippen LogP contribution is 2.08. The van der Waals surface area contributed by atoms with Crippen molar-refractivity contribution in [2.75, 3.05) is 27.2 Å². The maximum absolute atomic E-state index is 12.4. The lowest BCUT2D eigenvalue weighted by molar-refractivity contribution is -0.117. The number of aliphatic hydroxyl groups excluding tert-OH is 1. The number of amides is 1. The summed E-state index contributed by atoms with van der Waals surface area (Å²) in [4.78, 5) is 25.9. The average Bonchev–Trinajstić information content (AvgIpc) is 2.55. The fourth-order valence-corrected chi connectivity index (χ4v) is 2.31. The molecule has 0 radical (unpaired) electrons. The Labute approximate surface area is 141 Å². The van der Waals surface area contributed by atoms with Gasteiger partial charge in [-0.3, -0.25) is 9.59 Å². The van der Waals surface area contributed by atoms with Gasteiger partial charge in [0.1, 0.15) is 0 Å². The van der Waals surface area contributed by atoms with Crippen molar-refractivity contribution < 1.29 is 9.90 Å². The number of benzene rings is 1. The number of hydrogen-bond donors (Lipinski definition) is 2. The van der Waals surface area contributed by atoms with E-state index in [4.69, 9.17) is 0 Å². The molecule has 6 nitrogen and oxygen atoms in total. The number of hydrogen-bond acceptors (Lipinski definition) is 4. The molecule has 1 heterocycles. The van der Waals surface area contributed by atoms with Crippen LogP contribution in [0.25, 0.3) is 10.8 Å². The monoisotopic (exact) mass is 329 g/mol. The van der Waals surface area contributed by atoms with E-state index >= 15 is 0 Å². The fraction of sp³-hybridized carbons (Fsp3) is 0.333. The highest BCUT2D eigenvalue weighted by atomic mass is 16.3. The number of carbonyl (C=O) groups is 1. The highest BCUT2D eigenvalue weighted by molar-refractivity contribution is 5.87. The minimum atomic E-state index is -0.838. The van der Waals surface area contributed by atoms with Gasteiger partial charge in [-0.25, -0.2) is 0 Å². The summed E-state index contributed by atoms with van der Waals surface area (Å²) >= 11 is 0. The summed E-state index contributed by atoms with van der Waals surface area (Å²) in [6, 6.07) is 9.16. The first-order valence-electron chi connectivity index (χ1n) is 7.82. The van der Waals surface area contributed by atoms with E-state index in [0.717, 1.165) is 5.39 Å². The SMILES string of the molecule is CN(C)C/C=C/C(=O)NCC(O)Cn1ccc2ccccc2c1=O. The number of rotatable bonds is 7. The van der Waals surface area contributed by atoms with Crippen molar-refractivity contribution in [1.29, 1.82) is 0 Å². The van der Waals surface area contributed by atoms with Gasteiger partial charge in [-0.05, 0) is 31.6 Å². The van der Waals surface area contributed by atoms with Gasteiger partial charge in [-0.2, -0.15) is 0 Å². The van der Waals surface area contributed by atoms with Gasteiger partial charge < -0.3 is 19.9 Å². The summed E-state index contributed by atoms with van der Waals surface area (Å²) in [6.07, 6.45) is 4.01. The van der Waals surface area contributed by atoms with Gasteiger partial charge in [0.15, 0.2) is 0 Å². The Morgan fingerprint density at radius 3 is 2.83 bits per heavy atom. The first-order chi connectivity index (χ1) is 11.5. The normalized spacial score (nSPS) is 12.8. The molecular formula is C18H23N3O3.